The zero-order valence-corrected chi connectivity index (χ0v) is 12.8. The Balaban J connectivity index is 2.15. The fourth-order valence-electron chi connectivity index (χ4n) is 1.77. The van der Waals surface area contributed by atoms with Gasteiger partial charge in [0.25, 0.3) is 10.0 Å². The summed E-state index contributed by atoms with van der Waals surface area (Å²) >= 11 is 1.29. The Morgan fingerprint density at radius 1 is 1.15 bits per heavy atom. The Hall–Kier alpha value is -1.37. The first-order chi connectivity index (χ1) is 9.55. The molecule has 0 radical (unpaired) electrons. The van der Waals surface area contributed by atoms with E-state index in [1.807, 2.05) is 13.0 Å². The highest BCUT2D eigenvalue weighted by molar-refractivity contribution is 7.94. The molecule has 0 atom stereocenters. The molecule has 2 aromatic rings. The number of thiophene rings is 1. The molecule has 0 saturated heterocycles. The maximum absolute atomic E-state index is 12.2. The van der Waals surface area contributed by atoms with Gasteiger partial charge < -0.3 is 5.11 Å². The summed E-state index contributed by atoms with van der Waals surface area (Å²) in [7, 11) is -3.51. The van der Waals surface area contributed by atoms with E-state index in [4.69, 9.17) is 5.11 Å². The smallest absolute Gasteiger partial charge is 0.271 e. The van der Waals surface area contributed by atoms with Gasteiger partial charge in [-0.05, 0) is 42.7 Å². The van der Waals surface area contributed by atoms with E-state index in [1.165, 1.54) is 11.3 Å². The van der Waals surface area contributed by atoms with E-state index in [-0.39, 0.29) is 6.61 Å². The molecule has 0 aliphatic heterocycles. The van der Waals surface area contributed by atoms with Gasteiger partial charge in [0.1, 0.15) is 4.21 Å². The van der Waals surface area contributed by atoms with E-state index in [0.717, 1.165) is 16.9 Å². The number of sulfonamides is 1. The van der Waals surface area contributed by atoms with Crippen LogP contribution in [0.15, 0.2) is 40.6 Å². The van der Waals surface area contributed by atoms with E-state index in [2.05, 4.69) is 4.72 Å². The summed E-state index contributed by atoms with van der Waals surface area (Å²) in [5, 5.41) is 8.84. The predicted octanol–water partition coefficient (Wildman–Crippen LogP) is 2.65. The van der Waals surface area contributed by atoms with Crippen LogP contribution >= 0.6 is 11.3 Å². The minimum Gasteiger partial charge on any atom is -0.396 e. The van der Waals surface area contributed by atoms with Crippen LogP contribution in [-0.2, 0) is 22.9 Å². The topological polar surface area (TPSA) is 66.4 Å². The summed E-state index contributed by atoms with van der Waals surface area (Å²) in [6, 6.07) is 10.5. The molecular formula is C14H17NO3S2. The Morgan fingerprint density at radius 2 is 1.85 bits per heavy atom. The lowest BCUT2D eigenvalue weighted by molar-refractivity contribution is 0.299. The maximum Gasteiger partial charge on any atom is 0.271 e. The number of benzene rings is 1. The molecule has 0 unspecified atom stereocenters. The average Bonchev–Trinajstić information content (AvgIpc) is 2.91. The third kappa shape index (κ3) is 3.59. The zero-order chi connectivity index (χ0) is 14.6. The predicted molar refractivity (Wildman–Crippen MR) is 81.7 cm³/mol. The second-order valence-electron chi connectivity index (χ2n) is 4.35. The summed E-state index contributed by atoms with van der Waals surface area (Å²) in [5.74, 6) is 0. The van der Waals surface area contributed by atoms with Gasteiger partial charge in [0.2, 0.25) is 0 Å². The molecule has 0 fully saturated rings. The van der Waals surface area contributed by atoms with Gasteiger partial charge in [0.15, 0.2) is 0 Å². The number of hydrogen-bond donors (Lipinski definition) is 2. The third-order valence-corrected chi connectivity index (χ3v) is 5.96. The van der Waals surface area contributed by atoms with Crippen molar-refractivity contribution in [3.8, 4) is 0 Å². The molecule has 0 spiro atoms. The van der Waals surface area contributed by atoms with Crippen LogP contribution in [0.5, 0.6) is 0 Å². The minimum atomic E-state index is -3.51. The van der Waals surface area contributed by atoms with Gasteiger partial charge >= 0.3 is 0 Å². The number of aliphatic hydroxyl groups excluding tert-OH is 1. The van der Waals surface area contributed by atoms with Crippen LogP contribution < -0.4 is 4.72 Å². The Labute approximate surface area is 123 Å². The molecular weight excluding hydrogens is 294 g/mol. The average molecular weight is 311 g/mol. The van der Waals surface area contributed by atoms with E-state index < -0.39 is 10.0 Å². The Morgan fingerprint density at radius 3 is 2.40 bits per heavy atom. The summed E-state index contributed by atoms with van der Waals surface area (Å²) in [4.78, 5) is 1.05. The fourth-order valence-corrected chi connectivity index (χ4v) is 4.12. The SMILES string of the molecule is CCc1ccc(S(=O)(=O)Nc2ccc(CCO)cc2)s1. The molecule has 0 saturated carbocycles. The second kappa shape index (κ2) is 6.39. The number of rotatable bonds is 6. The molecule has 1 aromatic carbocycles. The molecule has 108 valence electrons. The molecule has 1 aromatic heterocycles. The number of aryl methyl sites for hydroxylation is 1. The molecule has 0 aliphatic carbocycles. The summed E-state index contributed by atoms with van der Waals surface area (Å²) in [6.45, 7) is 2.08. The van der Waals surface area contributed by atoms with Gasteiger partial charge in [-0.2, -0.15) is 0 Å². The van der Waals surface area contributed by atoms with Crippen LogP contribution in [0, 0.1) is 0 Å². The highest BCUT2D eigenvalue weighted by atomic mass is 32.2. The van der Waals surface area contributed by atoms with Crippen LogP contribution in [0.1, 0.15) is 17.4 Å². The van der Waals surface area contributed by atoms with Crippen molar-refractivity contribution in [1.29, 1.82) is 0 Å². The van der Waals surface area contributed by atoms with E-state index >= 15 is 0 Å². The first-order valence-corrected chi connectivity index (χ1v) is 8.66. The standard InChI is InChI=1S/C14H17NO3S2/c1-2-13-7-8-14(19-13)20(17,18)15-12-5-3-11(4-6-12)9-10-16/h3-8,15-16H,2,9-10H2,1H3. The van der Waals surface area contributed by atoms with Crippen molar-refractivity contribution in [2.75, 3.05) is 11.3 Å². The van der Waals surface area contributed by atoms with Crippen molar-refractivity contribution >= 4 is 27.0 Å². The normalized spacial score (nSPS) is 11.5. The Kier molecular flexibility index (Phi) is 4.80. The van der Waals surface area contributed by atoms with Gasteiger partial charge in [0, 0.05) is 17.2 Å². The highest BCUT2D eigenvalue weighted by Gasteiger charge is 2.16. The van der Waals surface area contributed by atoms with Crippen LogP contribution in [-0.4, -0.2) is 20.1 Å². The van der Waals surface area contributed by atoms with Crippen molar-refractivity contribution in [2.45, 2.75) is 24.0 Å². The Bertz CT molecular complexity index is 660. The molecule has 0 bridgehead atoms. The van der Waals surface area contributed by atoms with Crippen LogP contribution in [0.4, 0.5) is 5.69 Å². The molecule has 4 nitrogen and oxygen atoms in total. The highest BCUT2D eigenvalue weighted by Crippen LogP contribution is 2.24. The molecule has 0 aliphatic rings. The summed E-state index contributed by atoms with van der Waals surface area (Å²) in [5.41, 5.74) is 1.50. The number of nitrogens with one attached hydrogen (secondary N) is 1. The zero-order valence-electron chi connectivity index (χ0n) is 11.2. The van der Waals surface area contributed by atoms with E-state index in [9.17, 15) is 8.42 Å². The second-order valence-corrected chi connectivity index (χ2v) is 7.43. The lowest BCUT2D eigenvalue weighted by atomic mass is 10.1. The van der Waals surface area contributed by atoms with Gasteiger partial charge in [-0.1, -0.05) is 19.1 Å². The van der Waals surface area contributed by atoms with Crippen molar-refractivity contribution in [3.05, 3.63) is 46.8 Å². The van der Waals surface area contributed by atoms with Gasteiger partial charge in [-0.3, -0.25) is 4.72 Å². The maximum atomic E-state index is 12.2. The van der Waals surface area contributed by atoms with Gasteiger partial charge in [-0.15, -0.1) is 11.3 Å². The lowest BCUT2D eigenvalue weighted by Crippen LogP contribution is -2.11. The number of anilines is 1. The first kappa shape index (κ1) is 15.0. The summed E-state index contributed by atoms with van der Waals surface area (Å²) < 4.78 is 27.3. The lowest BCUT2D eigenvalue weighted by Gasteiger charge is -2.07. The van der Waals surface area contributed by atoms with Crippen molar-refractivity contribution < 1.29 is 13.5 Å². The van der Waals surface area contributed by atoms with Gasteiger partial charge in [0.05, 0.1) is 0 Å². The van der Waals surface area contributed by atoms with Crippen LogP contribution in [0.3, 0.4) is 0 Å². The quantitative estimate of drug-likeness (QED) is 0.862. The van der Waals surface area contributed by atoms with Crippen molar-refractivity contribution in [3.63, 3.8) is 0 Å². The minimum absolute atomic E-state index is 0.0834. The van der Waals surface area contributed by atoms with Crippen molar-refractivity contribution in [2.24, 2.45) is 0 Å². The van der Waals surface area contributed by atoms with Crippen molar-refractivity contribution in [1.82, 2.24) is 0 Å². The van der Waals surface area contributed by atoms with Crippen LogP contribution in [0.25, 0.3) is 0 Å². The third-order valence-electron chi connectivity index (χ3n) is 2.86. The largest absolute Gasteiger partial charge is 0.396 e. The first-order valence-electron chi connectivity index (χ1n) is 6.36. The molecule has 20 heavy (non-hydrogen) atoms. The molecule has 0 amide bonds. The fraction of sp³-hybridized carbons (Fsp3) is 0.286. The molecule has 2 rings (SSSR count). The van der Waals surface area contributed by atoms with Crippen LogP contribution in [0.2, 0.25) is 0 Å². The number of hydrogen-bond acceptors (Lipinski definition) is 4. The molecule has 6 heteroatoms. The monoisotopic (exact) mass is 311 g/mol. The van der Waals surface area contributed by atoms with E-state index in [1.54, 1.807) is 30.3 Å². The molecule has 1 heterocycles. The summed E-state index contributed by atoms with van der Waals surface area (Å²) in [6.07, 6.45) is 1.40. The molecule has 2 N–H and O–H groups in total. The van der Waals surface area contributed by atoms with Gasteiger partial charge in [-0.25, -0.2) is 8.42 Å². The van der Waals surface area contributed by atoms with E-state index in [0.29, 0.717) is 16.3 Å². The number of aliphatic hydroxyl groups is 1.